The molecule has 2 aromatic rings. The topological polar surface area (TPSA) is 32.6 Å². The first-order valence-corrected chi connectivity index (χ1v) is 7.09. The molecule has 0 aliphatic carbocycles. The lowest BCUT2D eigenvalue weighted by atomic mass is 10.2. The van der Waals surface area contributed by atoms with Crippen molar-refractivity contribution in [3.63, 3.8) is 0 Å². The van der Waals surface area contributed by atoms with E-state index in [4.69, 9.17) is 0 Å². The van der Waals surface area contributed by atoms with Crippen LogP contribution in [0.3, 0.4) is 0 Å². The molecule has 1 aliphatic heterocycles. The van der Waals surface area contributed by atoms with Crippen LogP contribution in [-0.2, 0) is 6.54 Å². The van der Waals surface area contributed by atoms with Gasteiger partial charge in [-0.25, -0.2) is 4.98 Å². The second kappa shape index (κ2) is 4.99. The molecule has 1 saturated heterocycles. The molecule has 5 heteroatoms. The Morgan fingerprint density at radius 2 is 2.39 bits per heavy atom. The first-order chi connectivity index (χ1) is 8.72. The molecule has 0 unspecified atom stereocenters. The number of fused-ring (bicyclic) bond motifs is 1. The minimum atomic E-state index is 0.574. The summed E-state index contributed by atoms with van der Waals surface area (Å²) in [6, 6.07) is 4.64. The van der Waals surface area contributed by atoms with Gasteiger partial charge in [0.05, 0.1) is 11.9 Å². The monoisotopic (exact) mass is 308 g/mol. The van der Waals surface area contributed by atoms with Crippen LogP contribution in [0, 0.1) is 0 Å². The van der Waals surface area contributed by atoms with Crippen molar-refractivity contribution in [2.75, 3.05) is 19.6 Å². The Labute approximate surface area is 115 Å². The van der Waals surface area contributed by atoms with Gasteiger partial charge in [0.25, 0.3) is 0 Å². The molecule has 4 nitrogen and oxygen atoms in total. The Morgan fingerprint density at radius 1 is 1.50 bits per heavy atom. The summed E-state index contributed by atoms with van der Waals surface area (Å²) in [4.78, 5) is 6.92. The Hall–Kier alpha value is -0.910. The largest absolute Gasteiger partial charge is 0.312 e. The van der Waals surface area contributed by atoms with Crippen LogP contribution in [0.15, 0.2) is 29.0 Å². The van der Waals surface area contributed by atoms with E-state index in [1.807, 2.05) is 18.3 Å². The van der Waals surface area contributed by atoms with Crippen molar-refractivity contribution in [1.82, 2.24) is 19.6 Å². The van der Waals surface area contributed by atoms with Gasteiger partial charge in [-0.3, -0.25) is 4.90 Å². The fraction of sp³-hybridized carbons (Fsp3) is 0.462. The molecule has 18 heavy (non-hydrogen) atoms. The van der Waals surface area contributed by atoms with Gasteiger partial charge in [-0.2, -0.15) is 0 Å². The van der Waals surface area contributed by atoms with E-state index >= 15 is 0 Å². The molecule has 0 radical (unpaired) electrons. The molecule has 0 aromatic carbocycles. The highest BCUT2D eigenvalue weighted by atomic mass is 79.9. The van der Waals surface area contributed by atoms with Crippen LogP contribution in [0.2, 0.25) is 0 Å². The third-order valence-electron chi connectivity index (χ3n) is 3.38. The van der Waals surface area contributed by atoms with E-state index in [-0.39, 0.29) is 0 Å². The SMILES string of the molecule is C[C@@H]1CN(Cc2cnc3ccc(Br)cn23)CCN1. The number of nitrogens with zero attached hydrogens (tertiary/aromatic N) is 3. The third-order valence-corrected chi connectivity index (χ3v) is 3.85. The fourth-order valence-electron chi connectivity index (χ4n) is 2.51. The van der Waals surface area contributed by atoms with Crippen LogP contribution in [0.1, 0.15) is 12.6 Å². The van der Waals surface area contributed by atoms with Crippen molar-refractivity contribution < 1.29 is 0 Å². The van der Waals surface area contributed by atoms with Crippen LogP contribution >= 0.6 is 15.9 Å². The van der Waals surface area contributed by atoms with Gasteiger partial charge in [0.15, 0.2) is 0 Å². The van der Waals surface area contributed by atoms with E-state index in [0.717, 1.165) is 36.3 Å². The van der Waals surface area contributed by atoms with E-state index < -0.39 is 0 Å². The number of nitrogens with one attached hydrogen (secondary N) is 1. The third kappa shape index (κ3) is 2.43. The van der Waals surface area contributed by atoms with Crippen molar-refractivity contribution in [3.8, 4) is 0 Å². The van der Waals surface area contributed by atoms with Crippen LogP contribution < -0.4 is 5.32 Å². The first-order valence-electron chi connectivity index (χ1n) is 6.29. The number of aromatic nitrogens is 2. The number of halogens is 1. The van der Waals surface area contributed by atoms with Gasteiger partial charge in [-0.15, -0.1) is 0 Å². The smallest absolute Gasteiger partial charge is 0.136 e. The lowest BCUT2D eigenvalue weighted by molar-refractivity contribution is 0.197. The van der Waals surface area contributed by atoms with E-state index in [1.165, 1.54) is 5.69 Å². The minimum absolute atomic E-state index is 0.574. The predicted molar refractivity (Wildman–Crippen MR) is 75.6 cm³/mol. The summed E-state index contributed by atoms with van der Waals surface area (Å²) >= 11 is 3.51. The zero-order valence-corrected chi connectivity index (χ0v) is 12.0. The van der Waals surface area contributed by atoms with Gasteiger partial charge >= 0.3 is 0 Å². The van der Waals surface area contributed by atoms with E-state index in [9.17, 15) is 0 Å². The molecule has 1 aliphatic rings. The summed E-state index contributed by atoms with van der Waals surface area (Å²) in [7, 11) is 0. The van der Waals surface area contributed by atoms with Crippen LogP contribution in [0.5, 0.6) is 0 Å². The van der Waals surface area contributed by atoms with Crippen LogP contribution in [0.4, 0.5) is 0 Å². The average molecular weight is 309 g/mol. The lowest BCUT2D eigenvalue weighted by Gasteiger charge is -2.31. The van der Waals surface area contributed by atoms with Crippen LogP contribution in [0.25, 0.3) is 5.65 Å². The number of imidazole rings is 1. The maximum atomic E-state index is 4.44. The standard InChI is InChI=1S/C13H17BrN4/c1-10-7-17(5-4-15-10)9-12-6-16-13-3-2-11(14)8-18(12)13/h2-3,6,8,10,15H,4-5,7,9H2,1H3/t10-/m1/s1. The molecule has 1 N–H and O–H groups in total. The first kappa shape index (κ1) is 12.1. The molecule has 1 atom stereocenters. The molecule has 2 aromatic heterocycles. The van der Waals surface area contributed by atoms with Crippen molar-refractivity contribution in [2.45, 2.75) is 19.5 Å². The molecule has 0 bridgehead atoms. The van der Waals surface area contributed by atoms with Crippen molar-refractivity contribution >= 4 is 21.6 Å². The second-order valence-corrected chi connectivity index (χ2v) is 5.83. The molecule has 0 saturated carbocycles. The Bertz CT molecular complexity index is 551. The van der Waals surface area contributed by atoms with E-state index in [1.54, 1.807) is 0 Å². The summed E-state index contributed by atoms with van der Waals surface area (Å²) in [5.74, 6) is 0. The van der Waals surface area contributed by atoms with Crippen molar-refractivity contribution in [2.24, 2.45) is 0 Å². The summed E-state index contributed by atoms with van der Waals surface area (Å²) in [6.45, 7) is 6.47. The van der Waals surface area contributed by atoms with Crippen molar-refractivity contribution in [3.05, 3.63) is 34.7 Å². The molecule has 96 valence electrons. The molecule has 3 rings (SSSR count). The van der Waals surface area contributed by atoms with Gasteiger partial charge in [0.1, 0.15) is 5.65 Å². The highest BCUT2D eigenvalue weighted by Gasteiger charge is 2.16. The number of rotatable bonds is 2. The van der Waals surface area contributed by atoms with Gasteiger partial charge in [-0.1, -0.05) is 0 Å². The molecule has 0 spiro atoms. The van der Waals surface area contributed by atoms with Crippen LogP contribution in [-0.4, -0.2) is 40.0 Å². The number of pyridine rings is 1. The van der Waals surface area contributed by atoms with E-state index in [2.05, 4.69) is 48.7 Å². The maximum absolute atomic E-state index is 4.44. The average Bonchev–Trinajstić information content (AvgIpc) is 2.72. The Balaban J connectivity index is 1.83. The molecule has 3 heterocycles. The quantitative estimate of drug-likeness (QED) is 0.919. The van der Waals surface area contributed by atoms with E-state index in [0.29, 0.717) is 6.04 Å². The number of piperazine rings is 1. The number of hydrogen-bond donors (Lipinski definition) is 1. The second-order valence-electron chi connectivity index (χ2n) is 4.92. The highest BCUT2D eigenvalue weighted by molar-refractivity contribution is 9.10. The normalized spacial score (nSPS) is 21.6. The molecule has 0 amide bonds. The molecular weight excluding hydrogens is 292 g/mol. The van der Waals surface area contributed by atoms with Gasteiger partial charge in [0, 0.05) is 42.9 Å². The highest BCUT2D eigenvalue weighted by Crippen LogP contribution is 2.15. The van der Waals surface area contributed by atoms with Gasteiger partial charge in [0.2, 0.25) is 0 Å². The maximum Gasteiger partial charge on any atom is 0.136 e. The summed E-state index contributed by atoms with van der Waals surface area (Å²) in [6.07, 6.45) is 4.07. The lowest BCUT2D eigenvalue weighted by Crippen LogP contribution is -2.48. The summed E-state index contributed by atoms with van der Waals surface area (Å²) < 4.78 is 3.25. The Kier molecular flexibility index (Phi) is 3.37. The summed E-state index contributed by atoms with van der Waals surface area (Å²) in [5.41, 5.74) is 2.26. The zero-order valence-electron chi connectivity index (χ0n) is 10.4. The predicted octanol–water partition coefficient (Wildman–Crippen LogP) is 1.89. The van der Waals surface area contributed by atoms with Gasteiger partial charge in [-0.05, 0) is 35.0 Å². The Morgan fingerprint density at radius 3 is 3.22 bits per heavy atom. The fourth-order valence-corrected chi connectivity index (χ4v) is 2.84. The molecular formula is C13H17BrN4. The summed E-state index contributed by atoms with van der Waals surface area (Å²) in [5, 5.41) is 3.47. The molecule has 1 fully saturated rings. The van der Waals surface area contributed by atoms with Crippen molar-refractivity contribution in [1.29, 1.82) is 0 Å². The zero-order chi connectivity index (χ0) is 12.5. The van der Waals surface area contributed by atoms with Gasteiger partial charge < -0.3 is 9.72 Å². The number of hydrogen-bond acceptors (Lipinski definition) is 3. The minimum Gasteiger partial charge on any atom is -0.312 e.